The molecule has 0 aliphatic heterocycles. The molecule has 0 bridgehead atoms. The van der Waals surface area contributed by atoms with Gasteiger partial charge in [0.05, 0.1) is 0 Å². The summed E-state index contributed by atoms with van der Waals surface area (Å²) in [6, 6.07) is 10.5. The Labute approximate surface area is 168 Å². The van der Waals surface area contributed by atoms with E-state index in [4.69, 9.17) is 4.98 Å². The van der Waals surface area contributed by atoms with Crippen LogP contribution in [0.4, 0.5) is 5.82 Å². The van der Waals surface area contributed by atoms with Crippen LogP contribution in [0.15, 0.2) is 36.5 Å². The number of amides is 1. The van der Waals surface area contributed by atoms with Crippen molar-refractivity contribution in [2.24, 2.45) is 0 Å². The van der Waals surface area contributed by atoms with E-state index >= 15 is 0 Å². The van der Waals surface area contributed by atoms with Crippen LogP contribution in [0.25, 0.3) is 16.9 Å². The predicted octanol–water partition coefficient (Wildman–Crippen LogP) is 6.23. The SMILES string of the molecule is CCCCCCCC(=O)Nc1c(-c2cc(C)cc(C)c2)nc2cc(C)ccn12. The summed E-state index contributed by atoms with van der Waals surface area (Å²) in [5, 5.41) is 3.14. The molecule has 4 heteroatoms. The summed E-state index contributed by atoms with van der Waals surface area (Å²) in [5.41, 5.74) is 6.26. The monoisotopic (exact) mass is 377 g/mol. The number of hydrogen-bond donors (Lipinski definition) is 1. The zero-order valence-electron chi connectivity index (χ0n) is 17.5. The van der Waals surface area contributed by atoms with Gasteiger partial charge in [-0.3, -0.25) is 9.20 Å². The number of aromatic nitrogens is 2. The van der Waals surface area contributed by atoms with Crippen molar-refractivity contribution in [2.45, 2.75) is 66.2 Å². The maximum absolute atomic E-state index is 12.6. The first kappa shape index (κ1) is 20.1. The lowest BCUT2D eigenvalue weighted by Crippen LogP contribution is -2.13. The maximum Gasteiger partial charge on any atom is 0.225 e. The lowest BCUT2D eigenvalue weighted by Gasteiger charge is -2.09. The van der Waals surface area contributed by atoms with Crippen LogP contribution < -0.4 is 5.32 Å². The van der Waals surface area contributed by atoms with Crippen LogP contribution in [0.1, 0.15) is 62.1 Å². The third-order valence-corrected chi connectivity index (χ3v) is 5.04. The smallest absolute Gasteiger partial charge is 0.225 e. The van der Waals surface area contributed by atoms with Gasteiger partial charge < -0.3 is 5.32 Å². The molecular weight excluding hydrogens is 346 g/mol. The molecule has 0 saturated carbocycles. The van der Waals surface area contributed by atoms with Crippen molar-refractivity contribution in [3.8, 4) is 11.3 Å². The molecule has 2 heterocycles. The molecule has 1 aromatic carbocycles. The number of fused-ring (bicyclic) bond motifs is 1. The number of carbonyl (C=O) groups is 1. The second-order valence-corrected chi connectivity index (χ2v) is 7.83. The number of anilines is 1. The second kappa shape index (κ2) is 9.05. The van der Waals surface area contributed by atoms with E-state index in [1.807, 2.05) is 22.7 Å². The number of imidazole rings is 1. The molecule has 0 saturated heterocycles. The number of benzene rings is 1. The highest BCUT2D eigenvalue weighted by Gasteiger charge is 2.17. The topological polar surface area (TPSA) is 46.4 Å². The highest BCUT2D eigenvalue weighted by Crippen LogP contribution is 2.30. The highest BCUT2D eigenvalue weighted by atomic mass is 16.1. The van der Waals surface area contributed by atoms with Crippen LogP contribution in [-0.4, -0.2) is 15.3 Å². The molecule has 2 aromatic heterocycles. The standard InChI is InChI=1S/C24H31N3O/c1-5-6-7-8-9-10-22(28)26-24-23(20-14-18(3)13-19(4)15-20)25-21-16-17(2)11-12-27(21)24/h11-16H,5-10H2,1-4H3,(H,26,28). The first-order chi connectivity index (χ1) is 13.5. The molecule has 0 atom stereocenters. The van der Waals surface area contributed by atoms with Crippen molar-refractivity contribution in [1.82, 2.24) is 9.38 Å². The number of nitrogens with one attached hydrogen (secondary N) is 1. The van der Waals surface area contributed by atoms with Crippen LogP contribution in [0.5, 0.6) is 0 Å². The number of rotatable bonds is 8. The number of pyridine rings is 1. The third kappa shape index (κ3) is 4.80. The van der Waals surface area contributed by atoms with Crippen LogP contribution in [0, 0.1) is 20.8 Å². The lowest BCUT2D eigenvalue weighted by molar-refractivity contribution is -0.116. The number of aryl methyl sites for hydroxylation is 3. The van der Waals surface area contributed by atoms with Gasteiger partial charge in [0.2, 0.25) is 5.91 Å². The Kier molecular flexibility index (Phi) is 6.50. The van der Waals surface area contributed by atoms with Crippen molar-refractivity contribution < 1.29 is 4.79 Å². The average molecular weight is 378 g/mol. The Hall–Kier alpha value is -2.62. The largest absolute Gasteiger partial charge is 0.310 e. The molecule has 0 unspecified atom stereocenters. The van der Waals surface area contributed by atoms with Crippen LogP contribution in [-0.2, 0) is 4.79 Å². The van der Waals surface area contributed by atoms with E-state index in [0.717, 1.165) is 41.1 Å². The van der Waals surface area contributed by atoms with E-state index < -0.39 is 0 Å². The molecule has 28 heavy (non-hydrogen) atoms. The normalized spacial score (nSPS) is 11.1. The quantitative estimate of drug-likeness (QED) is 0.473. The van der Waals surface area contributed by atoms with E-state index in [-0.39, 0.29) is 5.91 Å². The zero-order chi connectivity index (χ0) is 20.1. The molecule has 0 fully saturated rings. The molecule has 0 aliphatic carbocycles. The fraction of sp³-hybridized carbons (Fsp3) is 0.417. The number of unbranched alkanes of at least 4 members (excludes halogenated alkanes) is 4. The van der Waals surface area contributed by atoms with E-state index in [1.165, 1.54) is 30.4 Å². The van der Waals surface area contributed by atoms with Crippen LogP contribution >= 0.6 is 0 Å². The molecule has 3 rings (SSSR count). The molecule has 148 valence electrons. The minimum Gasteiger partial charge on any atom is -0.310 e. The van der Waals surface area contributed by atoms with Gasteiger partial charge in [-0.25, -0.2) is 4.98 Å². The first-order valence-corrected chi connectivity index (χ1v) is 10.3. The van der Waals surface area contributed by atoms with Crippen molar-refractivity contribution in [3.05, 3.63) is 53.2 Å². The van der Waals surface area contributed by atoms with Crippen molar-refractivity contribution in [1.29, 1.82) is 0 Å². The predicted molar refractivity (Wildman–Crippen MR) is 117 cm³/mol. The minimum absolute atomic E-state index is 0.0597. The lowest BCUT2D eigenvalue weighted by atomic mass is 10.0. The Morgan fingerprint density at radius 1 is 0.964 bits per heavy atom. The summed E-state index contributed by atoms with van der Waals surface area (Å²) in [5.74, 6) is 0.822. The number of nitrogens with zero attached hydrogens (tertiary/aromatic N) is 2. The van der Waals surface area contributed by atoms with Crippen LogP contribution in [0.3, 0.4) is 0 Å². The summed E-state index contributed by atoms with van der Waals surface area (Å²) >= 11 is 0. The molecule has 1 N–H and O–H groups in total. The van der Waals surface area contributed by atoms with Gasteiger partial charge in [-0.15, -0.1) is 0 Å². The molecule has 0 spiro atoms. The number of hydrogen-bond acceptors (Lipinski definition) is 2. The van der Waals surface area contributed by atoms with Crippen molar-refractivity contribution in [3.63, 3.8) is 0 Å². The van der Waals surface area contributed by atoms with E-state index in [2.05, 4.69) is 51.2 Å². The maximum atomic E-state index is 12.6. The van der Waals surface area contributed by atoms with E-state index in [1.54, 1.807) is 0 Å². The molecule has 3 aromatic rings. The molecule has 1 amide bonds. The Balaban J connectivity index is 1.90. The molecule has 4 nitrogen and oxygen atoms in total. The van der Waals surface area contributed by atoms with Gasteiger partial charge in [0.1, 0.15) is 17.2 Å². The van der Waals surface area contributed by atoms with Gasteiger partial charge in [-0.1, -0.05) is 49.8 Å². The van der Waals surface area contributed by atoms with Gasteiger partial charge in [0.25, 0.3) is 0 Å². The van der Waals surface area contributed by atoms with Crippen LogP contribution in [0.2, 0.25) is 0 Å². The summed E-state index contributed by atoms with van der Waals surface area (Å²) < 4.78 is 1.98. The fourth-order valence-corrected chi connectivity index (χ4v) is 3.66. The average Bonchev–Trinajstić information content (AvgIpc) is 2.98. The number of carbonyl (C=O) groups excluding carboxylic acids is 1. The third-order valence-electron chi connectivity index (χ3n) is 5.04. The van der Waals surface area contributed by atoms with Gasteiger partial charge >= 0.3 is 0 Å². The summed E-state index contributed by atoms with van der Waals surface area (Å²) in [7, 11) is 0. The Morgan fingerprint density at radius 3 is 2.39 bits per heavy atom. The molecule has 0 aliphatic rings. The van der Waals surface area contributed by atoms with E-state index in [0.29, 0.717) is 6.42 Å². The summed E-state index contributed by atoms with van der Waals surface area (Å²) in [4.78, 5) is 17.5. The summed E-state index contributed by atoms with van der Waals surface area (Å²) in [6.45, 7) is 8.43. The highest BCUT2D eigenvalue weighted by molar-refractivity contribution is 5.94. The fourth-order valence-electron chi connectivity index (χ4n) is 3.66. The van der Waals surface area contributed by atoms with Crippen molar-refractivity contribution in [2.75, 3.05) is 5.32 Å². The van der Waals surface area contributed by atoms with Gasteiger partial charge in [-0.05, 0) is 57.0 Å². The zero-order valence-corrected chi connectivity index (χ0v) is 17.5. The van der Waals surface area contributed by atoms with Crippen molar-refractivity contribution >= 4 is 17.4 Å². The van der Waals surface area contributed by atoms with E-state index in [9.17, 15) is 4.79 Å². The first-order valence-electron chi connectivity index (χ1n) is 10.3. The minimum atomic E-state index is 0.0597. The van der Waals surface area contributed by atoms with Gasteiger partial charge in [0.15, 0.2) is 0 Å². The summed E-state index contributed by atoms with van der Waals surface area (Å²) in [6.07, 6.45) is 8.23. The Bertz CT molecular complexity index is 951. The Morgan fingerprint density at radius 2 is 1.68 bits per heavy atom. The second-order valence-electron chi connectivity index (χ2n) is 7.83. The molecular formula is C24H31N3O. The van der Waals surface area contributed by atoms with Gasteiger partial charge in [-0.2, -0.15) is 0 Å². The van der Waals surface area contributed by atoms with Gasteiger partial charge in [0, 0.05) is 18.2 Å². The molecule has 0 radical (unpaired) electrons.